The van der Waals surface area contributed by atoms with E-state index in [0.717, 1.165) is 11.1 Å². The van der Waals surface area contributed by atoms with E-state index < -0.39 is 23.5 Å². The molecule has 1 aliphatic heterocycles. The van der Waals surface area contributed by atoms with Crippen LogP contribution in [0.2, 0.25) is 0 Å². The fraction of sp³-hybridized carbons (Fsp3) is 0.429. The molecule has 3 rings (SSSR count). The van der Waals surface area contributed by atoms with Crippen LogP contribution in [0, 0.1) is 0 Å². The normalized spacial score (nSPS) is 21.2. The second-order valence-electron chi connectivity index (χ2n) is 7.37. The number of hydrogen-bond acceptors (Lipinski definition) is 4. The van der Waals surface area contributed by atoms with Gasteiger partial charge in [0.05, 0.1) is 12.1 Å². The number of ether oxygens (including phenoxy) is 2. The lowest BCUT2D eigenvalue weighted by Crippen LogP contribution is -2.59. The summed E-state index contributed by atoms with van der Waals surface area (Å²) in [6, 6.07) is 20.1. The van der Waals surface area contributed by atoms with Gasteiger partial charge in [-0.3, -0.25) is 0 Å². The second kappa shape index (κ2) is 7.26. The number of rotatable bonds is 6. The van der Waals surface area contributed by atoms with Crippen molar-refractivity contribution < 1.29 is 14.6 Å². The third-order valence-corrected chi connectivity index (χ3v) is 4.72. The smallest absolute Gasteiger partial charge is 0.163 e. The predicted octanol–water partition coefficient (Wildman–Crippen LogP) is 2.68. The predicted molar refractivity (Wildman–Crippen MR) is 98.1 cm³/mol. The Kier molecular flexibility index (Phi) is 5.25. The van der Waals surface area contributed by atoms with Crippen molar-refractivity contribution in [1.29, 1.82) is 0 Å². The van der Waals surface area contributed by atoms with Crippen LogP contribution in [0.1, 0.15) is 25.0 Å². The van der Waals surface area contributed by atoms with Crippen LogP contribution >= 0.6 is 0 Å². The average Bonchev–Trinajstić information content (AvgIpc) is 2.95. The van der Waals surface area contributed by atoms with Gasteiger partial charge in [-0.05, 0) is 37.8 Å². The Morgan fingerprint density at radius 2 is 1.52 bits per heavy atom. The van der Waals surface area contributed by atoms with Crippen LogP contribution in [0.25, 0.3) is 0 Å². The molecule has 0 spiro atoms. The molecule has 3 N–H and O–H groups in total. The van der Waals surface area contributed by atoms with Crippen molar-refractivity contribution in [3.05, 3.63) is 71.8 Å². The highest BCUT2D eigenvalue weighted by Crippen LogP contribution is 2.30. The number of aliphatic hydroxyl groups excluding tert-OH is 1. The van der Waals surface area contributed by atoms with E-state index in [2.05, 4.69) is 0 Å². The van der Waals surface area contributed by atoms with Crippen LogP contribution in [0.15, 0.2) is 60.7 Å². The molecule has 2 unspecified atom stereocenters. The molecular weight excluding hydrogens is 314 g/mol. The summed E-state index contributed by atoms with van der Waals surface area (Å²) in [6.45, 7) is 4.05. The molecule has 2 atom stereocenters. The summed E-state index contributed by atoms with van der Waals surface area (Å²) in [5, 5.41) is 11.1. The van der Waals surface area contributed by atoms with Crippen molar-refractivity contribution >= 4 is 0 Å². The summed E-state index contributed by atoms with van der Waals surface area (Å²) in [6.07, 6.45) is -0.156. The largest absolute Gasteiger partial charge is 0.388 e. The van der Waals surface area contributed by atoms with Crippen LogP contribution in [-0.2, 0) is 22.3 Å². The Bertz CT molecular complexity index is 631. The first kappa shape index (κ1) is 18.1. The van der Waals surface area contributed by atoms with Gasteiger partial charge >= 0.3 is 0 Å². The lowest BCUT2D eigenvalue weighted by Gasteiger charge is -2.37. The zero-order valence-corrected chi connectivity index (χ0v) is 14.9. The average molecular weight is 341 g/mol. The van der Waals surface area contributed by atoms with Crippen LogP contribution < -0.4 is 5.73 Å². The summed E-state index contributed by atoms with van der Waals surface area (Å²) in [5.74, 6) is -0.688. The molecule has 0 amide bonds. The Labute approximate surface area is 149 Å². The zero-order valence-electron chi connectivity index (χ0n) is 14.9. The molecule has 1 fully saturated rings. The van der Waals surface area contributed by atoms with Crippen molar-refractivity contribution in [1.82, 2.24) is 0 Å². The summed E-state index contributed by atoms with van der Waals surface area (Å²) in [5.41, 5.74) is 8.13. The first-order valence-electron chi connectivity index (χ1n) is 8.75. The van der Waals surface area contributed by atoms with E-state index >= 15 is 0 Å². The van der Waals surface area contributed by atoms with Crippen LogP contribution in [-0.4, -0.2) is 35.2 Å². The lowest BCUT2D eigenvalue weighted by molar-refractivity contribution is -0.156. The SMILES string of the molecule is CC1(C)OCC(C(O)C(N)(Cc2ccccc2)Cc2ccccc2)O1. The van der Waals surface area contributed by atoms with Gasteiger partial charge in [-0.15, -0.1) is 0 Å². The lowest BCUT2D eigenvalue weighted by atomic mass is 9.79. The van der Waals surface area contributed by atoms with Crippen molar-refractivity contribution in [3.63, 3.8) is 0 Å². The van der Waals surface area contributed by atoms with E-state index in [1.54, 1.807) is 0 Å². The molecule has 1 aliphatic rings. The molecule has 0 bridgehead atoms. The highest BCUT2D eigenvalue weighted by atomic mass is 16.7. The van der Waals surface area contributed by atoms with Crippen LogP contribution in [0.3, 0.4) is 0 Å². The van der Waals surface area contributed by atoms with Crippen molar-refractivity contribution in [3.8, 4) is 0 Å². The van der Waals surface area contributed by atoms with Crippen LogP contribution in [0.4, 0.5) is 0 Å². The minimum absolute atomic E-state index is 0.344. The topological polar surface area (TPSA) is 64.7 Å². The van der Waals surface area contributed by atoms with E-state index in [4.69, 9.17) is 15.2 Å². The van der Waals surface area contributed by atoms with Crippen LogP contribution in [0.5, 0.6) is 0 Å². The molecule has 25 heavy (non-hydrogen) atoms. The molecule has 2 aromatic carbocycles. The standard InChI is InChI=1S/C21H27NO3/c1-20(2)24-15-18(25-20)19(23)21(22,13-16-9-5-3-6-10-16)14-17-11-7-4-8-12-17/h3-12,18-19,23H,13-15,22H2,1-2H3. The summed E-state index contributed by atoms with van der Waals surface area (Å²) < 4.78 is 11.5. The monoisotopic (exact) mass is 341 g/mol. The third kappa shape index (κ3) is 4.47. The van der Waals surface area contributed by atoms with E-state index in [0.29, 0.717) is 19.4 Å². The molecule has 4 heteroatoms. The molecule has 1 saturated heterocycles. The van der Waals surface area contributed by atoms with Crippen molar-refractivity contribution in [2.24, 2.45) is 5.73 Å². The number of benzene rings is 2. The maximum Gasteiger partial charge on any atom is 0.163 e. The highest BCUT2D eigenvalue weighted by Gasteiger charge is 2.45. The van der Waals surface area contributed by atoms with Crippen molar-refractivity contribution in [2.75, 3.05) is 6.61 Å². The number of aliphatic hydroxyl groups is 1. The van der Waals surface area contributed by atoms with E-state index in [9.17, 15) is 5.11 Å². The summed E-state index contributed by atoms with van der Waals surface area (Å²) in [7, 11) is 0. The molecular formula is C21H27NO3. The second-order valence-corrected chi connectivity index (χ2v) is 7.37. The molecule has 1 heterocycles. The Morgan fingerprint density at radius 1 is 1.04 bits per heavy atom. The van der Waals surface area contributed by atoms with Gasteiger partial charge in [-0.1, -0.05) is 60.7 Å². The Balaban J connectivity index is 1.85. The first-order valence-corrected chi connectivity index (χ1v) is 8.75. The maximum atomic E-state index is 11.1. The molecule has 0 saturated carbocycles. The fourth-order valence-electron chi connectivity index (χ4n) is 3.46. The molecule has 0 aromatic heterocycles. The summed E-state index contributed by atoms with van der Waals surface area (Å²) in [4.78, 5) is 0. The fourth-order valence-corrected chi connectivity index (χ4v) is 3.46. The molecule has 0 radical (unpaired) electrons. The van der Waals surface area contributed by atoms with Gasteiger partial charge in [0, 0.05) is 0 Å². The van der Waals surface area contributed by atoms with E-state index in [1.807, 2.05) is 74.5 Å². The van der Waals surface area contributed by atoms with Gasteiger partial charge < -0.3 is 20.3 Å². The first-order chi connectivity index (χ1) is 11.9. The zero-order chi connectivity index (χ0) is 17.9. The van der Waals surface area contributed by atoms with E-state index in [1.165, 1.54) is 0 Å². The van der Waals surface area contributed by atoms with Gasteiger partial charge in [0.1, 0.15) is 12.2 Å². The summed E-state index contributed by atoms with van der Waals surface area (Å²) >= 11 is 0. The minimum Gasteiger partial charge on any atom is -0.388 e. The Morgan fingerprint density at radius 3 is 1.92 bits per heavy atom. The molecule has 4 nitrogen and oxygen atoms in total. The van der Waals surface area contributed by atoms with Gasteiger partial charge in [0.2, 0.25) is 0 Å². The minimum atomic E-state index is -0.850. The van der Waals surface area contributed by atoms with E-state index in [-0.39, 0.29) is 0 Å². The van der Waals surface area contributed by atoms with Gasteiger partial charge in [0.15, 0.2) is 5.79 Å². The number of nitrogens with two attached hydrogens (primary N) is 1. The van der Waals surface area contributed by atoms with Crippen molar-refractivity contribution in [2.45, 2.75) is 50.2 Å². The molecule has 0 aliphatic carbocycles. The van der Waals surface area contributed by atoms with Gasteiger partial charge in [-0.25, -0.2) is 0 Å². The quantitative estimate of drug-likeness (QED) is 0.848. The van der Waals surface area contributed by atoms with Gasteiger partial charge in [0.25, 0.3) is 0 Å². The Hall–Kier alpha value is -1.72. The van der Waals surface area contributed by atoms with Gasteiger partial charge in [-0.2, -0.15) is 0 Å². The maximum absolute atomic E-state index is 11.1. The number of hydrogen-bond donors (Lipinski definition) is 2. The molecule has 2 aromatic rings. The third-order valence-electron chi connectivity index (χ3n) is 4.72. The molecule has 134 valence electrons. The highest BCUT2D eigenvalue weighted by molar-refractivity contribution is 5.24.